The Morgan fingerprint density at radius 3 is 2.63 bits per heavy atom. The molecule has 0 heterocycles. The second kappa shape index (κ2) is 6.47. The van der Waals surface area contributed by atoms with Crippen molar-refractivity contribution in [1.82, 2.24) is 0 Å². The highest BCUT2D eigenvalue weighted by molar-refractivity contribution is 5.87. The molecule has 27 heavy (non-hydrogen) atoms. The zero-order chi connectivity index (χ0) is 19.3. The number of hydrogen-bond acceptors (Lipinski definition) is 3. The summed E-state index contributed by atoms with van der Waals surface area (Å²) in [6, 6.07) is 5.89. The van der Waals surface area contributed by atoms with Crippen molar-refractivity contribution in [2.24, 2.45) is 23.2 Å². The molecule has 1 aromatic carbocycles. The highest BCUT2D eigenvalue weighted by atomic mass is 16.4. The Kier molecular flexibility index (Phi) is 4.36. The third-order valence-electron chi connectivity index (χ3n) is 7.42. The van der Waals surface area contributed by atoms with Crippen molar-refractivity contribution >= 4 is 17.7 Å². The van der Waals surface area contributed by atoms with E-state index in [4.69, 9.17) is 5.11 Å². The van der Waals surface area contributed by atoms with Crippen LogP contribution in [0.3, 0.4) is 0 Å². The molecule has 144 valence electrons. The number of hydrogen-bond donors (Lipinski definition) is 2. The normalized spacial score (nSPS) is 34.5. The molecular weight excluding hydrogens is 344 g/mol. The van der Waals surface area contributed by atoms with Gasteiger partial charge in [-0.2, -0.15) is 0 Å². The van der Waals surface area contributed by atoms with E-state index in [0.29, 0.717) is 30.5 Å². The SMILES string of the molecule is C[C@]12CC(CC(=O)O)[C@@H]3c4ccc(CC(=O)O)cc4CC[C@H]3[C@@H]1CCC2=O. The molecule has 0 spiro atoms. The Labute approximate surface area is 158 Å². The van der Waals surface area contributed by atoms with Gasteiger partial charge in [0.25, 0.3) is 0 Å². The molecule has 0 amide bonds. The minimum Gasteiger partial charge on any atom is -0.481 e. The molecule has 3 aliphatic rings. The standard InChI is InChI=1S/C22H26O5/c1-22-11-14(10-20(26)27)21-15-4-2-12(9-19(24)25)8-13(15)3-5-16(21)17(22)6-7-18(22)23/h2,4,8,14,16-17,21H,3,5-7,9-11H2,1H3,(H,24,25)(H,26,27)/t14?,16-,17-,21+,22-/m0/s1. The number of ketones is 1. The van der Waals surface area contributed by atoms with Gasteiger partial charge in [-0.15, -0.1) is 0 Å². The molecule has 0 saturated heterocycles. The summed E-state index contributed by atoms with van der Waals surface area (Å²) in [5.41, 5.74) is 2.78. The second-order valence-electron chi connectivity index (χ2n) is 8.88. The molecule has 2 N–H and O–H groups in total. The topological polar surface area (TPSA) is 91.7 Å². The molecule has 2 saturated carbocycles. The van der Waals surface area contributed by atoms with Crippen LogP contribution in [0.5, 0.6) is 0 Å². The number of Topliss-reactive ketones (excluding diaryl/α,β-unsaturated/α-hetero) is 1. The van der Waals surface area contributed by atoms with Crippen molar-refractivity contribution in [3.63, 3.8) is 0 Å². The van der Waals surface area contributed by atoms with Crippen LogP contribution in [0.15, 0.2) is 18.2 Å². The van der Waals surface area contributed by atoms with Crippen molar-refractivity contribution in [3.05, 3.63) is 34.9 Å². The predicted octanol–water partition coefficient (Wildman–Crippen LogP) is 3.44. The lowest BCUT2D eigenvalue weighted by Crippen LogP contribution is -2.47. The zero-order valence-electron chi connectivity index (χ0n) is 15.6. The first-order valence-electron chi connectivity index (χ1n) is 9.88. The number of aryl methyl sites for hydroxylation is 1. The van der Waals surface area contributed by atoms with E-state index in [0.717, 1.165) is 24.8 Å². The molecular formula is C22H26O5. The van der Waals surface area contributed by atoms with Crippen molar-refractivity contribution in [1.29, 1.82) is 0 Å². The third kappa shape index (κ3) is 2.97. The van der Waals surface area contributed by atoms with Crippen molar-refractivity contribution < 1.29 is 24.6 Å². The zero-order valence-corrected chi connectivity index (χ0v) is 15.6. The first-order valence-corrected chi connectivity index (χ1v) is 9.88. The molecule has 0 aliphatic heterocycles. The average molecular weight is 370 g/mol. The third-order valence-corrected chi connectivity index (χ3v) is 7.42. The van der Waals surface area contributed by atoms with Gasteiger partial charge >= 0.3 is 11.9 Å². The average Bonchev–Trinajstić information content (AvgIpc) is 2.88. The first-order chi connectivity index (χ1) is 12.8. The molecule has 4 rings (SSSR count). The van der Waals surface area contributed by atoms with Crippen molar-refractivity contribution in [2.45, 2.75) is 57.8 Å². The van der Waals surface area contributed by atoms with Crippen LogP contribution in [0.1, 0.15) is 61.6 Å². The molecule has 1 unspecified atom stereocenters. The highest BCUT2D eigenvalue weighted by Crippen LogP contribution is 2.62. The molecule has 5 nitrogen and oxygen atoms in total. The molecule has 0 bridgehead atoms. The lowest BCUT2D eigenvalue weighted by molar-refractivity contribution is -0.142. The van der Waals surface area contributed by atoms with Crippen LogP contribution in [-0.2, 0) is 27.2 Å². The summed E-state index contributed by atoms with van der Waals surface area (Å²) in [6.07, 6.45) is 4.13. The summed E-state index contributed by atoms with van der Waals surface area (Å²) >= 11 is 0. The van der Waals surface area contributed by atoms with Crippen LogP contribution in [-0.4, -0.2) is 27.9 Å². The molecule has 0 aromatic heterocycles. The van der Waals surface area contributed by atoms with E-state index in [1.165, 1.54) is 11.1 Å². The van der Waals surface area contributed by atoms with Gasteiger partial charge in [-0.05, 0) is 66.0 Å². The van der Waals surface area contributed by atoms with Gasteiger partial charge in [0.2, 0.25) is 0 Å². The van der Waals surface area contributed by atoms with E-state index < -0.39 is 11.9 Å². The molecule has 2 fully saturated rings. The number of rotatable bonds is 4. The minimum atomic E-state index is -0.842. The quantitative estimate of drug-likeness (QED) is 0.847. The summed E-state index contributed by atoms with van der Waals surface area (Å²) in [5, 5.41) is 18.5. The van der Waals surface area contributed by atoms with Crippen LogP contribution in [0, 0.1) is 23.2 Å². The van der Waals surface area contributed by atoms with E-state index in [1.807, 2.05) is 18.2 Å². The lowest BCUT2D eigenvalue weighted by atomic mass is 9.51. The van der Waals surface area contributed by atoms with Gasteiger partial charge in [-0.3, -0.25) is 14.4 Å². The van der Waals surface area contributed by atoms with Gasteiger partial charge in [0, 0.05) is 18.3 Å². The molecule has 5 atom stereocenters. The fourth-order valence-electron chi connectivity index (χ4n) is 6.42. The maximum atomic E-state index is 12.6. The summed E-state index contributed by atoms with van der Waals surface area (Å²) in [4.78, 5) is 35.2. The Morgan fingerprint density at radius 1 is 1.15 bits per heavy atom. The van der Waals surface area contributed by atoms with Gasteiger partial charge in [0.1, 0.15) is 5.78 Å². The van der Waals surface area contributed by atoms with E-state index in [1.54, 1.807) is 0 Å². The largest absolute Gasteiger partial charge is 0.481 e. The predicted molar refractivity (Wildman–Crippen MR) is 98.5 cm³/mol. The summed E-state index contributed by atoms with van der Waals surface area (Å²) in [7, 11) is 0. The first kappa shape index (κ1) is 18.2. The Hall–Kier alpha value is -2.17. The Bertz CT molecular complexity index is 813. The Balaban J connectivity index is 1.74. The maximum absolute atomic E-state index is 12.6. The van der Waals surface area contributed by atoms with Crippen LogP contribution < -0.4 is 0 Å². The highest BCUT2D eigenvalue weighted by Gasteiger charge is 2.57. The number of benzene rings is 1. The second-order valence-corrected chi connectivity index (χ2v) is 8.88. The van der Waals surface area contributed by atoms with E-state index in [-0.39, 0.29) is 30.1 Å². The van der Waals surface area contributed by atoms with E-state index in [9.17, 15) is 19.5 Å². The van der Waals surface area contributed by atoms with Crippen molar-refractivity contribution in [2.75, 3.05) is 0 Å². The smallest absolute Gasteiger partial charge is 0.307 e. The van der Waals surface area contributed by atoms with Gasteiger partial charge in [-0.1, -0.05) is 25.1 Å². The fraction of sp³-hybridized carbons (Fsp3) is 0.591. The number of carbonyl (C=O) groups excluding carboxylic acids is 1. The van der Waals surface area contributed by atoms with E-state index in [2.05, 4.69) is 6.92 Å². The summed E-state index contributed by atoms with van der Waals surface area (Å²) < 4.78 is 0. The van der Waals surface area contributed by atoms with Gasteiger partial charge < -0.3 is 10.2 Å². The molecule has 0 radical (unpaired) electrons. The van der Waals surface area contributed by atoms with Gasteiger partial charge in [-0.25, -0.2) is 0 Å². The number of carboxylic acids is 2. The molecule has 1 aromatic rings. The molecule has 5 heteroatoms. The van der Waals surface area contributed by atoms with Gasteiger partial charge in [0.15, 0.2) is 0 Å². The van der Waals surface area contributed by atoms with Crippen LogP contribution in [0.2, 0.25) is 0 Å². The van der Waals surface area contributed by atoms with Crippen molar-refractivity contribution in [3.8, 4) is 0 Å². The van der Waals surface area contributed by atoms with E-state index >= 15 is 0 Å². The monoisotopic (exact) mass is 370 g/mol. The molecule has 3 aliphatic carbocycles. The van der Waals surface area contributed by atoms with Crippen LogP contribution in [0.4, 0.5) is 0 Å². The lowest BCUT2D eigenvalue weighted by Gasteiger charge is -2.52. The number of carboxylic acid groups (broad SMARTS) is 2. The minimum absolute atomic E-state index is 0.00906. The number of carbonyl (C=O) groups is 3. The van der Waals surface area contributed by atoms with Crippen LogP contribution in [0.25, 0.3) is 0 Å². The fourth-order valence-corrected chi connectivity index (χ4v) is 6.42. The summed E-state index contributed by atoms with van der Waals surface area (Å²) in [5.74, 6) is -0.535. The summed E-state index contributed by atoms with van der Waals surface area (Å²) in [6.45, 7) is 2.06. The number of aliphatic carboxylic acids is 2. The van der Waals surface area contributed by atoms with Gasteiger partial charge in [0.05, 0.1) is 6.42 Å². The van der Waals surface area contributed by atoms with Crippen LogP contribution >= 0.6 is 0 Å². The maximum Gasteiger partial charge on any atom is 0.307 e. The Morgan fingerprint density at radius 2 is 1.93 bits per heavy atom. The number of fused-ring (bicyclic) bond motifs is 5.